The fourth-order valence-corrected chi connectivity index (χ4v) is 2.56. The molecular weight excluding hydrogens is 376 g/mol. The zero-order chi connectivity index (χ0) is 21.0. The van der Waals surface area contributed by atoms with Crippen molar-refractivity contribution in [3.05, 3.63) is 64.9 Å². The van der Waals surface area contributed by atoms with Crippen LogP contribution in [0.25, 0.3) is 6.08 Å². The molecule has 0 spiro atoms. The molecule has 0 fully saturated rings. The van der Waals surface area contributed by atoms with E-state index in [1.165, 1.54) is 13.0 Å². The Hall–Kier alpha value is -3.81. The number of hydrogen-bond acceptors (Lipinski definition) is 5. The van der Waals surface area contributed by atoms with E-state index in [-0.39, 0.29) is 12.5 Å². The molecule has 1 atom stereocenters. The van der Waals surface area contributed by atoms with Crippen LogP contribution in [0.1, 0.15) is 28.4 Å². The van der Waals surface area contributed by atoms with Gasteiger partial charge in [0.05, 0.1) is 0 Å². The van der Waals surface area contributed by atoms with Gasteiger partial charge in [0.2, 0.25) is 6.79 Å². The van der Waals surface area contributed by atoms with Crippen LogP contribution in [0.4, 0.5) is 0 Å². The van der Waals surface area contributed by atoms with E-state index in [0.29, 0.717) is 22.6 Å². The van der Waals surface area contributed by atoms with E-state index in [1.54, 1.807) is 42.5 Å². The topological polar surface area (TPSA) is 114 Å². The Bertz CT molecular complexity index is 981. The van der Waals surface area contributed by atoms with Crippen LogP contribution in [-0.2, 0) is 9.59 Å². The summed E-state index contributed by atoms with van der Waals surface area (Å²) in [6, 6.07) is 10.8. The highest BCUT2D eigenvalue weighted by molar-refractivity contribution is 6.06. The molecule has 0 aromatic heterocycles. The molecule has 3 rings (SSSR count). The Kier molecular flexibility index (Phi) is 5.82. The quantitative estimate of drug-likeness (QED) is 0.644. The molecule has 29 heavy (non-hydrogen) atoms. The summed E-state index contributed by atoms with van der Waals surface area (Å²) in [7, 11) is 0. The Balaban J connectivity index is 1.88. The number of nitrogens with one attached hydrogen (secondary N) is 2. The van der Waals surface area contributed by atoms with Crippen molar-refractivity contribution in [3.63, 3.8) is 0 Å². The fourth-order valence-electron chi connectivity index (χ4n) is 2.56. The highest BCUT2D eigenvalue weighted by Crippen LogP contribution is 2.33. The van der Waals surface area contributed by atoms with Crippen LogP contribution in [0, 0.1) is 6.92 Å². The molecule has 1 heterocycles. The molecule has 3 N–H and O–H groups in total. The number of rotatable bonds is 6. The molecule has 1 aliphatic rings. The first kappa shape index (κ1) is 19.9. The van der Waals surface area contributed by atoms with Crippen molar-refractivity contribution in [2.45, 2.75) is 19.9 Å². The van der Waals surface area contributed by atoms with Gasteiger partial charge in [-0.2, -0.15) is 0 Å². The van der Waals surface area contributed by atoms with E-state index < -0.39 is 23.8 Å². The normalized spacial score (nSPS) is 13.5. The zero-order valence-electron chi connectivity index (χ0n) is 15.9. The number of hydrogen-bond donors (Lipinski definition) is 3. The lowest BCUT2D eigenvalue weighted by Crippen LogP contribution is -2.42. The minimum atomic E-state index is -1.19. The maximum Gasteiger partial charge on any atom is 0.325 e. The van der Waals surface area contributed by atoms with Crippen LogP contribution < -0.4 is 20.1 Å². The van der Waals surface area contributed by atoms with Gasteiger partial charge in [-0.15, -0.1) is 0 Å². The molecule has 0 radical (unpaired) electrons. The van der Waals surface area contributed by atoms with Gasteiger partial charge in [-0.25, -0.2) is 0 Å². The molecule has 0 saturated heterocycles. The van der Waals surface area contributed by atoms with Gasteiger partial charge in [-0.1, -0.05) is 23.8 Å². The highest BCUT2D eigenvalue weighted by atomic mass is 16.7. The SMILES string of the molecule is Cc1ccc(C(=O)N/C(=C\c2ccc3c(c2)OCO3)C(=O)N[C@@H](C)C(=O)O)cc1. The van der Waals surface area contributed by atoms with Crippen molar-refractivity contribution in [2.75, 3.05) is 6.79 Å². The largest absolute Gasteiger partial charge is 0.480 e. The number of aliphatic carboxylic acids is 1. The number of fused-ring (bicyclic) bond motifs is 1. The third-order valence-corrected chi connectivity index (χ3v) is 4.23. The summed E-state index contributed by atoms with van der Waals surface area (Å²) < 4.78 is 10.6. The summed E-state index contributed by atoms with van der Waals surface area (Å²) in [5, 5.41) is 13.9. The number of amides is 2. The zero-order valence-corrected chi connectivity index (χ0v) is 15.9. The maximum atomic E-state index is 12.6. The summed E-state index contributed by atoms with van der Waals surface area (Å²) in [6.07, 6.45) is 1.44. The average Bonchev–Trinajstić information content (AvgIpc) is 3.15. The lowest BCUT2D eigenvalue weighted by atomic mass is 10.1. The molecule has 0 bridgehead atoms. The van der Waals surface area contributed by atoms with Crippen LogP contribution in [0.2, 0.25) is 0 Å². The molecule has 0 saturated carbocycles. The van der Waals surface area contributed by atoms with Crippen LogP contribution in [0.15, 0.2) is 48.2 Å². The lowest BCUT2D eigenvalue weighted by molar-refractivity contribution is -0.140. The molecule has 150 valence electrons. The van der Waals surface area contributed by atoms with Gasteiger partial charge in [0, 0.05) is 5.56 Å². The first-order valence-electron chi connectivity index (χ1n) is 8.86. The third-order valence-electron chi connectivity index (χ3n) is 4.23. The Labute approximate surface area is 167 Å². The molecule has 0 unspecified atom stereocenters. The van der Waals surface area contributed by atoms with E-state index in [2.05, 4.69) is 10.6 Å². The Morgan fingerprint density at radius 2 is 1.76 bits per heavy atom. The van der Waals surface area contributed by atoms with Gasteiger partial charge in [-0.3, -0.25) is 14.4 Å². The second-order valence-electron chi connectivity index (χ2n) is 6.52. The summed E-state index contributed by atoms with van der Waals surface area (Å²) in [5.74, 6) is -1.31. The van der Waals surface area contributed by atoms with Crippen molar-refractivity contribution >= 4 is 23.9 Å². The first-order chi connectivity index (χ1) is 13.8. The van der Waals surface area contributed by atoms with Crippen molar-refractivity contribution in [3.8, 4) is 11.5 Å². The first-order valence-corrected chi connectivity index (χ1v) is 8.86. The van der Waals surface area contributed by atoms with Crippen LogP contribution in [0.3, 0.4) is 0 Å². The monoisotopic (exact) mass is 396 g/mol. The molecule has 0 aliphatic carbocycles. The molecule has 2 aromatic rings. The van der Waals surface area contributed by atoms with Crippen molar-refractivity contribution in [1.82, 2.24) is 10.6 Å². The van der Waals surface area contributed by atoms with Gasteiger partial charge in [0.1, 0.15) is 11.7 Å². The van der Waals surface area contributed by atoms with Gasteiger partial charge in [0.25, 0.3) is 11.8 Å². The number of benzene rings is 2. The Morgan fingerprint density at radius 3 is 2.45 bits per heavy atom. The maximum absolute atomic E-state index is 12.6. The predicted octanol–water partition coefficient (Wildman–Crippen LogP) is 2.08. The van der Waals surface area contributed by atoms with Gasteiger partial charge in [-0.05, 0) is 49.8 Å². The summed E-state index contributed by atoms with van der Waals surface area (Å²) in [4.78, 5) is 36.2. The molecule has 2 amide bonds. The van der Waals surface area contributed by atoms with Crippen molar-refractivity contribution < 1.29 is 29.0 Å². The molecular formula is C21H20N2O6. The lowest BCUT2D eigenvalue weighted by Gasteiger charge is -2.14. The van der Waals surface area contributed by atoms with Gasteiger partial charge >= 0.3 is 5.97 Å². The molecule has 8 heteroatoms. The molecule has 8 nitrogen and oxygen atoms in total. The smallest absolute Gasteiger partial charge is 0.325 e. The summed E-state index contributed by atoms with van der Waals surface area (Å²) >= 11 is 0. The second kappa shape index (κ2) is 8.47. The van der Waals surface area contributed by atoms with Crippen LogP contribution in [0.5, 0.6) is 11.5 Å². The Morgan fingerprint density at radius 1 is 1.07 bits per heavy atom. The van der Waals surface area contributed by atoms with Crippen molar-refractivity contribution in [1.29, 1.82) is 0 Å². The predicted molar refractivity (Wildman–Crippen MR) is 104 cm³/mol. The van der Waals surface area contributed by atoms with Gasteiger partial charge in [0.15, 0.2) is 11.5 Å². The standard InChI is InChI=1S/C21H20N2O6/c1-12-3-6-15(7-4-12)19(24)23-16(20(25)22-13(2)21(26)27)9-14-5-8-17-18(10-14)29-11-28-17/h3-10,13H,11H2,1-2H3,(H,22,25)(H,23,24)(H,26,27)/b16-9-/t13-/m0/s1. The number of carbonyl (C=O) groups excluding carboxylic acids is 2. The van der Waals surface area contributed by atoms with E-state index in [0.717, 1.165) is 5.56 Å². The highest BCUT2D eigenvalue weighted by Gasteiger charge is 2.20. The fraction of sp³-hybridized carbons (Fsp3) is 0.190. The minimum absolute atomic E-state index is 0.0949. The van der Waals surface area contributed by atoms with E-state index in [4.69, 9.17) is 14.6 Å². The summed E-state index contributed by atoms with van der Waals surface area (Å²) in [5.41, 5.74) is 1.84. The minimum Gasteiger partial charge on any atom is -0.480 e. The third kappa shape index (κ3) is 4.92. The average molecular weight is 396 g/mol. The van der Waals surface area contributed by atoms with Crippen LogP contribution in [-0.4, -0.2) is 35.7 Å². The number of aryl methyl sites for hydroxylation is 1. The van der Waals surface area contributed by atoms with E-state index in [1.807, 2.05) is 6.92 Å². The number of ether oxygens (including phenoxy) is 2. The summed E-state index contributed by atoms with van der Waals surface area (Å²) in [6.45, 7) is 3.34. The van der Waals surface area contributed by atoms with E-state index >= 15 is 0 Å². The van der Waals surface area contributed by atoms with E-state index in [9.17, 15) is 14.4 Å². The number of carboxylic acid groups (broad SMARTS) is 1. The second-order valence-corrected chi connectivity index (χ2v) is 6.52. The molecule has 1 aliphatic heterocycles. The van der Waals surface area contributed by atoms with Gasteiger partial charge < -0.3 is 25.2 Å². The number of carboxylic acids is 1. The molecule has 2 aromatic carbocycles. The van der Waals surface area contributed by atoms with Crippen molar-refractivity contribution in [2.24, 2.45) is 0 Å². The number of carbonyl (C=O) groups is 3. The van der Waals surface area contributed by atoms with Crippen LogP contribution >= 0.6 is 0 Å².